The van der Waals surface area contributed by atoms with E-state index in [0.717, 1.165) is 0 Å². The summed E-state index contributed by atoms with van der Waals surface area (Å²) < 4.78 is 16.2. The van der Waals surface area contributed by atoms with Crippen LogP contribution in [-0.4, -0.2) is 35.3 Å². The predicted molar refractivity (Wildman–Crippen MR) is 72.9 cm³/mol. The molecule has 0 bridgehead atoms. The fraction of sp³-hybridized carbons (Fsp3) is 0.417. The Hall–Kier alpha value is -1.56. The van der Waals surface area contributed by atoms with Gasteiger partial charge < -0.3 is 15.8 Å². The van der Waals surface area contributed by atoms with Gasteiger partial charge in [0.25, 0.3) is 0 Å². The summed E-state index contributed by atoms with van der Waals surface area (Å²) >= 11 is 0. The van der Waals surface area contributed by atoms with Gasteiger partial charge in [-0.1, -0.05) is 0 Å². The van der Waals surface area contributed by atoms with E-state index >= 15 is 0 Å². The van der Waals surface area contributed by atoms with Crippen LogP contribution in [0.15, 0.2) is 24.3 Å². The van der Waals surface area contributed by atoms with Gasteiger partial charge >= 0.3 is 0 Å². The van der Waals surface area contributed by atoms with Gasteiger partial charge in [-0.15, -0.1) is 0 Å². The Bertz CT molecular complexity index is 406. The molecule has 0 spiro atoms. The summed E-state index contributed by atoms with van der Waals surface area (Å²) in [5.74, 6) is 1.06. The van der Waals surface area contributed by atoms with E-state index < -0.39 is 10.8 Å². The molecule has 0 aliphatic carbocycles. The number of nitrogens with one attached hydrogen (secondary N) is 1. The number of carbonyl (C=O) groups is 1. The summed E-state index contributed by atoms with van der Waals surface area (Å²) in [6.07, 6.45) is 1.89. The van der Waals surface area contributed by atoms with Gasteiger partial charge in [0.1, 0.15) is 5.75 Å². The summed E-state index contributed by atoms with van der Waals surface area (Å²) in [6.45, 7) is 0.745. The maximum atomic E-state index is 11.4. The molecule has 0 aliphatic rings. The first-order chi connectivity index (χ1) is 8.58. The Morgan fingerprint density at radius 2 is 2.06 bits per heavy atom. The molecule has 0 heterocycles. The smallest absolute Gasteiger partial charge is 0.223 e. The number of nitrogen functional groups attached to an aromatic ring is 1. The Morgan fingerprint density at radius 1 is 1.39 bits per heavy atom. The maximum absolute atomic E-state index is 11.4. The minimum Gasteiger partial charge on any atom is -0.493 e. The number of ether oxygens (including phenoxy) is 1. The molecule has 1 unspecified atom stereocenters. The van der Waals surface area contributed by atoms with Crippen LogP contribution in [0, 0.1) is 0 Å². The second kappa shape index (κ2) is 7.71. The van der Waals surface area contributed by atoms with Crippen LogP contribution in [-0.2, 0) is 15.6 Å². The topological polar surface area (TPSA) is 81.4 Å². The molecule has 1 rings (SSSR count). The van der Waals surface area contributed by atoms with E-state index in [1.165, 1.54) is 0 Å². The van der Waals surface area contributed by atoms with Gasteiger partial charge in [0.05, 0.1) is 13.0 Å². The molecule has 0 saturated heterocycles. The van der Waals surface area contributed by atoms with Crippen molar-refractivity contribution < 1.29 is 13.7 Å². The van der Waals surface area contributed by atoms with Crippen LogP contribution in [0.4, 0.5) is 5.69 Å². The molecule has 0 radical (unpaired) electrons. The molecule has 18 heavy (non-hydrogen) atoms. The predicted octanol–water partition coefficient (Wildman–Crippen LogP) is 0.532. The summed E-state index contributed by atoms with van der Waals surface area (Å²) in [7, 11) is -0.878. The minimum absolute atomic E-state index is 0.101. The van der Waals surface area contributed by atoms with Crippen LogP contribution < -0.4 is 15.8 Å². The molecular weight excluding hydrogens is 252 g/mol. The summed E-state index contributed by atoms with van der Waals surface area (Å²) in [5, 5.41) is 2.68. The highest BCUT2D eigenvalue weighted by Gasteiger charge is 2.02. The standard InChI is InChI=1S/C12H18N2O3S/c1-18(16)9-7-14-12(15)6-8-17-11-4-2-10(13)3-5-11/h2-5H,6-9,13H2,1H3,(H,14,15). The van der Waals surface area contributed by atoms with E-state index in [1.54, 1.807) is 30.5 Å². The lowest BCUT2D eigenvalue weighted by molar-refractivity contribution is -0.121. The molecule has 100 valence electrons. The molecular formula is C12H18N2O3S. The SMILES string of the molecule is CS(=O)CCNC(=O)CCOc1ccc(N)cc1. The molecule has 0 aliphatic heterocycles. The van der Waals surface area contributed by atoms with E-state index in [0.29, 0.717) is 30.3 Å². The van der Waals surface area contributed by atoms with Crippen molar-refractivity contribution in [2.45, 2.75) is 6.42 Å². The largest absolute Gasteiger partial charge is 0.493 e. The first-order valence-corrected chi connectivity index (χ1v) is 7.35. The average molecular weight is 270 g/mol. The van der Waals surface area contributed by atoms with Crippen molar-refractivity contribution in [1.82, 2.24) is 5.32 Å². The van der Waals surface area contributed by atoms with Crippen LogP contribution >= 0.6 is 0 Å². The molecule has 1 atom stereocenters. The van der Waals surface area contributed by atoms with Gasteiger partial charge in [-0.2, -0.15) is 0 Å². The number of carbonyl (C=O) groups excluding carboxylic acids is 1. The highest BCUT2D eigenvalue weighted by atomic mass is 32.2. The number of hydrogen-bond acceptors (Lipinski definition) is 4. The zero-order valence-electron chi connectivity index (χ0n) is 10.3. The van der Waals surface area contributed by atoms with E-state index in [2.05, 4.69) is 5.32 Å². The number of hydrogen-bond donors (Lipinski definition) is 2. The van der Waals surface area contributed by atoms with Crippen LogP contribution in [0.3, 0.4) is 0 Å². The molecule has 0 saturated carbocycles. The molecule has 3 N–H and O–H groups in total. The molecule has 0 fully saturated rings. The van der Waals surface area contributed by atoms with Crippen molar-refractivity contribution in [1.29, 1.82) is 0 Å². The quantitative estimate of drug-likeness (QED) is 0.708. The fourth-order valence-corrected chi connectivity index (χ4v) is 1.64. The highest BCUT2D eigenvalue weighted by molar-refractivity contribution is 7.84. The zero-order chi connectivity index (χ0) is 13.4. The number of nitrogens with two attached hydrogens (primary N) is 1. The monoisotopic (exact) mass is 270 g/mol. The van der Waals surface area contributed by atoms with Crippen molar-refractivity contribution in [2.75, 3.05) is 30.9 Å². The van der Waals surface area contributed by atoms with Gasteiger partial charge in [-0.3, -0.25) is 9.00 Å². The average Bonchev–Trinajstić information content (AvgIpc) is 2.31. The highest BCUT2D eigenvalue weighted by Crippen LogP contribution is 2.12. The van der Waals surface area contributed by atoms with E-state index in [-0.39, 0.29) is 12.3 Å². The molecule has 1 aromatic rings. The van der Waals surface area contributed by atoms with E-state index in [4.69, 9.17) is 10.5 Å². The molecule has 1 aromatic carbocycles. The normalized spacial score (nSPS) is 11.8. The third-order valence-electron chi connectivity index (χ3n) is 2.19. The van der Waals surface area contributed by atoms with Crippen molar-refractivity contribution in [3.8, 4) is 5.75 Å². The maximum Gasteiger partial charge on any atom is 0.223 e. The van der Waals surface area contributed by atoms with Gasteiger partial charge in [0, 0.05) is 35.0 Å². The minimum atomic E-state index is -0.878. The zero-order valence-corrected chi connectivity index (χ0v) is 11.2. The summed E-state index contributed by atoms with van der Waals surface area (Å²) in [5.41, 5.74) is 6.21. The lowest BCUT2D eigenvalue weighted by atomic mass is 10.3. The number of anilines is 1. The van der Waals surface area contributed by atoms with Crippen molar-refractivity contribution in [3.05, 3.63) is 24.3 Å². The summed E-state index contributed by atoms with van der Waals surface area (Å²) in [6, 6.07) is 7.00. The lowest BCUT2D eigenvalue weighted by Gasteiger charge is -2.07. The van der Waals surface area contributed by atoms with Crippen molar-refractivity contribution in [2.24, 2.45) is 0 Å². The van der Waals surface area contributed by atoms with Crippen LogP contribution in [0.5, 0.6) is 5.75 Å². The number of rotatable bonds is 7. The summed E-state index contributed by atoms with van der Waals surface area (Å²) in [4.78, 5) is 11.4. The first-order valence-electron chi connectivity index (χ1n) is 5.63. The van der Waals surface area contributed by atoms with Gasteiger partial charge in [0.15, 0.2) is 0 Å². The second-order valence-electron chi connectivity index (χ2n) is 3.79. The van der Waals surface area contributed by atoms with Gasteiger partial charge in [-0.25, -0.2) is 0 Å². The number of benzene rings is 1. The molecule has 6 heteroatoms. The lowest BCUT2D eigenvalue weighted by Crippen LogP contribution is -2.28. The Labute approximate surface area is 109 Å². The second-order valence-corrected chi connectivity index (χ2v) is 5.35. The Balaban J connectivity index is 2.15. The fourth-order valence-electron chi connectivity index (χ4n) is 1.25. The van der Waals surface area contributed by atoms with Gasteiger partial charge in [0.2, 0.25) is 5.91 Å². The first kappa shape index (κ1) is 14.5. The molecule has 5 nitrogen and oxygen atoms in total. The Kier molecular flexibility index (Phi) is 6.21. The third kappa shape index (κ3) is 6.24. The van der Waals surface area contributed by atoms with Crippen LogP contribution in [0.2, 0.25) is 0 Å². The van der Waals surface area contributed by atoms with Crippen molar-refractivity contribution >= 4 is 22.4 Å². The Morgan fingerprint density at radius 3 is 2.67 bits per heavy atom. The third-order valence-corrected chi connectivity index (χ3v) is 2.97. The van der Waals surface area contributed by atoms with Crippen molar-refractivity contribution in [3.63, 3.8) is 0 Å². The van der Waals surface area contributed by atoms with E-state index in [9.17, 15) is 9.00 Å². The molecule has 1 amide bonds. The molecule has 0 aromatic heterocycles. The van der Waals surface area contributed by atoms with Gasteiger partial charge in [-0.05, 0) is 24.3 Å². The number of amides is 1. The van der Waals surface area contributed by atoms with Crippen LogP contribution in [0.1, 0.15) is 6.42 Å². The van der Waals surface area contributed by atoms with E-state index in [1.807, 2.05) is 0 Å². The van der Waals surface area contributed by atoms with Crippen LogP contribution in [0.25, 0.3) is 0 Å².